The lowest BCUT2D eigenvalue weighted by atomic mass is 10.0. The van der Waals surface area contributed by atoms with Crippen molar-refractivity contribution in [2.24, 2.45) is 0 Å². The molecule has 0 heterocycles. The molecule has 4 heteroatoms. The van der Waals surface area contributed by atoms with Gasteiger partial charge in [-0.05, 0) is 58.5 Å². The lowest BCUT2D eigenvalue weighted by Gasteiger charge is -2.22. The van der Waals surface area contributed by atoms with Crippen molar-refractivity contribution in [3.63, 3.8) is 0 Å². The number of hydrogen-bond acceptors (Lipinski definition) is 4. The Hall–Kier alpha value is -1.10. The third kappa shape index (κ3) is 5.59. The zero-order valence-corrected chi connectivity index (χ0v) is 15.2. The van der Waals surface area contributed by atoms with Gasteiger partial charge in [-0.3, -0.25) is 0 Å². The zero-order valence-electron chi connectivity index (χ0n) is 15.2. The monoisotopic (exact) mass is 307 g/mol. The number of aromatic hydroxyl groups is 1. The first-order valence-corrected chi connectivity index (χ1v) is 8.30. The lowest BCUT2D eigenvalue weighted by Crippen LogP contribution is -2.21. The maximum Gasteiger partial charge on any atom is 0.124 e. The van der Waals surface area contributed by atoms with Crippen molar-refractivity contribution in [1.82, 2.24) is 14.7 Å². The van der Waals surface area contributed by atoms with Crippen LogP contribution in [0, 0.1) is 0 Å². The van der Waals surface area contributed by atoms with E-state index in [9.17, 15) is 5.11 Å². The van der Waals surface area contributed by atoms with Gasteiger partial charge in [0.1, 0.15) is 5.75 Å². The Kier molecular flexibility index (Phi) is 7.87. The molecule has 0 fully saturated rings. The summed E-state index contributed by atoms with van der Waals surface area (Å²) in [6.07, 6.45) is 0. The molecule has 0 aliphatic heterocycles. The molecule has 0 aromatic heterocycles. The Balaban J connectivity index is 3.11. The summed E-state index contributed by atoms with van der Waals surface area (Å²) in [4.78, 5) is 6.72. The van der Waals surface area contributed by atoms with Crippen molar-refractivity contribution in [3.8, 4) is 5.75 Å². The van der Waals surface area contributed by atoms with Gasteiger partial charge in [-0.2, -0.15) is 0 Å². The van der Waals surface area contributed by atoms with Gasteiger partial charge in [0, 0.05) is 30.8 Å². The van der Waals surface area contributed by atoms with E-state index in [1.165, 1.54) is 5.56 Å². The molecule has 0 radical (unpaired) electrons. The fourth-order valence-electron chi connectivity index (χ4n) is 2.39. The predicted octanol–water partition coefficient (Wildman–Crippen LogP) is 2.75. The minimum absolute atomic E-state index is 0.462. The number of phenols is 1. The summed E-state index contributed by atoms with van der Waals surface area (Å²) in [6.45, 7) is 11.9. The van der Waals surface area contributed by atoms with E-state index in [4.69, 9.17) is 0 Å². The topological polar surface area (TPSA) is 30.0 Å². The van der Waals surface area contributed by atoms with Gasteiger partial charge < -0.3 is 19.8 Å². The van der Waals surface area contributed by atoms with Crippen LogP contribution in [0.5, 0.6) is 5.75 Å². The molecule has 4 nitrogen and oxygen atoms in total. The van der Waals surface area contributed by atoms with E-state index in [1.807, 2.05) is 0 Å². The Bertz CT molecular complexity index is 429. The van der Waals surface area contributed by atoms with Crippen LogP contribution in [0.25, 0.3) is 0 Å². The molecule has 0 saturated heterocycles. The quantitative estimate of drug-likeness (QED) is 0.760. The number of benzene rings is 1. The van der Waals surface area contributed by atoms with Crippen LogP contribution in [-0.4, -0.2) is 60.6 Å². The standard InChI is InChI=1S/C18H33N3O/c1-7-19(4)12-15-10-16(13-20(5)8-2)18(22)17(11-15)14-21(6)9-3/h10-11,22H,7-9,12-14H2,1-6H3. The number of phenolic OH excluding ortho intramolecular Hbond substituents is 1. The van der Waals surface area contributed by atoms with E-state index in [0.29, 0.717) is 5.75 Å². The van der Waals surface area contributed by atoms with Gasteiger partial charge >= 0.3 is 0 Å². The van der Waals surface area contributed by atoms with Crippen LogP contribution < -0.4 is 0 Å². The van der Waals surface area contributed by atoms with Crippen molar-refractivity contribution >= 4 is 0 Å². The van der Waals surface area contributed by atoms with Crippen molar-refractivity contribution in [2.45, 2.75) is 40.4 Å². The minimum atomic E-state index is 0.462. The van der Waals surface area contributed by atoms with E-state index in [2.05, 4.69) is 68.7 Å². The number of nitrogens with zero attached hydrogens (tertiary/aromatic N) is 3. The molecule has 0 unspecified atom stereocenters. The summed E-state index contributed by atoms with van der Waals surface area (Å²) in [7, 11) is 6.30. The average Bonchev–Trinajstić information content (AvgIpc) is 2.51. The summed E-state index contributed by atoms with van der Waals surface area (Å²) in [6, 6.07) is 4.31. The van der Waals surface area contributed by atoms with E-state index in [1.54, 1.807) is 0 Å². The van der Waals surface area contributed by atoms with Crippen molar-refractivity contribution in [1.29, 1.82) is 0 Å². The Morgan fingerprint density at radius 1 is 0.727 bits per heavy atom. The van der Waals surface area contributed by atoms with Crippen LogP contribution in [0.3, 0.4) is 0 Å². The highest BCUT2D eigenvalue weighted by Gasteiger charge is 2.13. The first-order chi connectivity index (χ1) is 10.4. The average molecular weight is 307 g/mol. The second kappa shape index (κ2) is 9.13. The molecule has 0 amide bonds. The van der Waals surface area contributed by atoms with Gasteiger partial charge in [0.2, 0.25) is 0 Å². The van der Waals surface area contributed by atoms with Gasteiger partial charge in [-0.15, -0.1) is 0 Å². The summed E-state index contributed by atoms with van der Waals surface area (Å²) in [5.74, 6) is 0.462. The van der Waals surface area contributed by atoms with Crippen molar-refractivity contribution in [2.75, 3.05) is 40.8 Å². The van der Waals surface area contributed by atoms with E-state index in [-0.39, 0.29) is 0 Å². The predicted molar refractivity (Wildman–Crippen MR) is 94.1 cm³/mol. The molecule has 0 aliphatic rings. The Labute approximate surface area is 136 Å². The van der Waals surface area contributed by atoms with Crippen LogP contribution in [0.15, 0.2) is 12.1 Å². The van der Waals surface area contributed by atoms with Crippen LogP contribution in [-0.2, 0) is 19.6 Å². The summed E-state index contributed by atoms with van der Waals surface area (Å²) < 4.78 is 0. The van der Waals surface area contributed by atoms with Gasteiger partial charge in [0.25, 0.3) is 0 Å². The maximum absolute atomic E-state index is 10.6. The van der Waals surface area contributed by atoms with Crippen molar-refractivity contribution in [3.05, 3.63) is 28.8 Å². The molecule has 1 aromatic rings. The number of hydrogen-bond donors (Lipinski definition) is 1. The second-order valence-electron chi connectivity index (χ2n) is 6.25. The summed E-state index contributed by atoms with van der Waals surface area (Å²) in [5, 5.41) is 10.6. The van der Waals surface area contributed by atoms with Crippen LogP contribution in [0.4, 0.5) is 0 Å². The fourth-order valence-corrected chi connectivity index (χ4v) is 2.39. The summed E-state index contributed by atoms with van der Waals surface area (Å²) in [5.41, 5.74) is 3.35. The normalized spacial score (nSPS) is 11.9. The first kappa shape index (κ1) is 18.9. The molecule has 0 atom stereocenters. The molecule has 1 N–H and O–H groups in total. The molecule has 0 saturated carbocycles. The molecule has 1 rings (SSSR count). The smallest absolute Gasteiger partial charge is 0.124 e. The Morgan fingerprint density at radius 2 is 1.09 bits per heavy atom. The van der Waals surface area contributed by atoms with Gasteiger partial charge in [-0.1, -0.05) is 20.8 Å². The number of rotatable bonds is 9. The first-order valence-electron chi connectivity index (χ1n) is 8.30. The largest absolute Gasteiger partial charge is 0.507 e. The summed E-state index contributed by atoms with van der Waals surface area (Å²) >= 11 is 0. The van der Waals surface area contributed by atoms with Gasteiger partial charge in [0.05, 0.1) is 0 Å². The molecule has 0 spiro atoms. The highest BCUT2D eigenvalue weighted by atomic mass is 16.3. The molecular formula is C18H33N3O. The van der Waals surface area contributed by atoms with Crippen molar-refractivity contribution < 1.29 is 5.11 Å². The molecule has 0 aliphatic carbocycles. The molecular weight excluding hydrogens is 274 g/mol. The zero-order chi connectivity index (χ0) is 16.7. The highest BCUT2D eigenvalue weighted by molar-refractivity contribution is 5.44. The van der Waals surface area contributed by atoms with Gasteiger partial charge in [-0.25, -0.2) is 0 Å². The third-order valence-electron chi connectivity index (χ3n) is 4.28. The highest BCUT2D eigenvalue weighted by Crippen LogP contribution is 2.27. The van der Waals surface area contributed by atoms with Crippen LogP contribution in [0.2, 0.25) is 0 Å². The van der Waals surface area contributed by atoms with Crippen LogP contribution >= 0.6 is 0 Å². The van der Waals surface area contributed by atoms with E-state index >= 15 is 0 Å². The fraction of sp³-hybridized carbons (Fsp3) is 0.667. The van der Waals surface area contributed by atoms with E-state index < -0.39 is 0 Å². The van der Waals surface area contributed by atoms with Crippen LogP contribution in [0.1, 0.15) is 37.5 Å². The van der Waals surface area contributed by atoms with Gasteiger partial charge in [0.15, 0.2) is 0 Å². The molecule has 0 bridgehead atoms. The maximum atomic E-state index is 10.6. The Morgan fingerprint density at radius 3 is 1.45 bits per heavy atom. The minimum Gasteiger partial charge on any atom is -0.507 e. The molecule has 126 valence electrons. The SMILES string of the molecule is CCN(C)Cc1cc(CN(C)CC)c(O)c(CN(C)CC)c1. The third-order valence-corrected chi connectivity index (χ3v) is 4.28. The molecule has 1 aromatic carbocycles. The van der Waals surface area contributed by atoms with E-state index in [0.717, 1.165) is 50.4 Å². The lowest BCUT2D eigenvalue weighted by molar-refractivity contribution is 0.321. The molecule has 22 heavy (non-hydrogen) atoms. The second-order valence-corrected chi connectivity index (χ2v) is 6.25.